The molecule has 1 aliphatic rings. The minimum Gasteiger partial charge on any atom is -0.493 e. The summed E-state index contributed by atoms with van der Waals surface area (Å²) in [7, 11) is 3.30. The average Bonchev–Trinajstić information content (AvgIpc) is 2.61. The van der Waals surface area contributed by atoms with Gasteiger partial charge in [0.2, 0.25) is 0 Å². The molecule has 1 aliphatic heterocycles. The Balaban J connectivity index is 2.34. The van der Waals surface area contributed by atoms with Crippen LogP contribution in [0.1, 0.15) is 30.1 Å². The molecule has 0 bridgehead atoms. The third-order valence-electron chi connectivity index (χ3n) is 4.20. The predicted molar refractivity (Wildman–Crippen MR) is 88.8 cm³/mol. The van der Waals surface area contributed by atoms with Crippen LogP contribution >= 0.6 is 0 Å². The van der Waals surface area contributed by atoms with Crippen molar-refractivity contribution >= 4 is 11.6 Å². The molecule has 1 amide bonds. The molecule has 8 nitrogen and oxygen atoms in total. The number of carbonyl (C=O) groups excluding carboxylic acids is 1. The lowest BCUT2D eigenvalue weighted by molar-refractivity contribution is -0.385. The van der Waals surface area contributed by atoms with Gasteiger partial charge in [-0.3, -0.25) is 14.9 Å². The third kappa shape index (κ3) is 3.76. The highest BCUT2D eigenvalue weighted by molar-refractivity contribution is 5.99. The molecule has 132 valence electrons. The molecular formula is C16H23N3O5. The zero-order valence-electron chi connectivity index (χ0n) is 14.2. The minimum absolute atomic E-state index is 0.0344. The maximum Gasteiger partial charge on any atom is 0.286 e. The number of nitrogens with zero attached hydrogens (tertiary/aromatic N) is 2. The van der Waals surface area contributed by atoms with Gasteiger partial charge in [0.05, 0.1) is 24.7 Å². The van der Waals surface area contributed by atoms with Crippen molar-refractivity contribution in [1.29, 1.82) is 0 Å². The molecule has 0 atom stereocenters. The molecule has 1 aromatic rings. The van der Waals surface area contributed by atoms with Gasteiger partial charge in [-0.2, -0.15) is 0 Å². The van der Waals surface area contributed by atoms with Crippen molar-refractivity contribution in [3.05, 3.63) is 27.8 Å². The minimum atomic E-state index is -0.564. The fourth-order valence-corrected chi connectivity index (χ4v) is 2.84. The van der Waals surface area contributed by atoms with Gasteiger partial charge in [-0.15, -0.1) is 0 Å². The van der Waals surface area contributed by atoms with Gasteiger partial charge < -0.3 is 19.7 Å². The lowest BCUT2D eigenvalue weighted by Crippen LogP contribution is -2.44. The maximum absolute atomic E-state index is 12.8. The van der Waals surface area contributed by atoms with Crippen molar-refractivity contribution in [2.24, 2.45) is 0 Å². The number of amides is 1. The Bertz CT molecular complexity index is 612. The molecule has 0 aromatic heterocycles. The first-order valence-electron chi connectivity index (χ1n) is 7.97. The van der Waals surface area contributed by atoms with Crippen molar-refractivity contribution in [2.75, 3.05) is 33.9 Å². The van der Waals surface area contributed by atoms with E-state index in [1.165, 1.54) is 19.2 Å². The molecule has 0 aliphatic carbocycles. The monoisotopic (exact) mass is 337 g/mol. The van der Waals surface area contributed by atoms with Crippen molar-refractivity contribution in [3.8, 4) is 11.5 Å². The second-order valence-electron chi connectivity index (χ2n) is 5.57. The number of benzene rings is 1. The summed E-state index contributed by atoms with van der Waals surface area (Å²) in [5, 5.41) is 14.6. The molecule has 8 heteroatoms. The number of nitro groups is 1. The normalized spacial score (nSPS) is 15.2. The molecule has 1 saturated heterocycles. The van der Waals surface area contributed by atoms with Gasteiger partial charge in [0, 0.05) is 25.2 Å². The quantitative estimate of drug-likeness (QED) is 0.629. The van der Waals surface area contributed by atoms with Crippen LogP contribution in [0, 0.1) is 10.1 Å². The van der Waals surface area contributed by atoms with E-state index in [2.05, 4.69) is 5.32 Å². The molecule has 2 rings (SSSR count). The standard InChI is InChI=1S/C16H23N3O5/c1-4-24-15-9-12(13(19(21)22)10-14(15)23-3)16(20)18-7-5-11(17-2)6-8-18/h9-11,17H,4-8H2,1-3H3. The number of hydrogen-bond donors (Lipinski definition) is 1. The fraction of sp³-hybridized carbons (Fsp3) is 0.562. The van der Waals surface area contributed by atoms with E-state index in [1.807, 2.05) is 7.05 Å². The predicted octanol–water partition coefficient (Wildman–Crippen LogP) is 1.83. The summed E-state index contributed by atoms with van der Waals surface area (Å²) < 4.78 is 10.6. The van der Waals surface area contributed by atoms with Crippen LogP contribution in [0.2, 0.25) is 0 Å². The Morgan fingerprint density at radius 1 is 1.38 bits per heavy atom. The lowest BCUT2D eigenvalue weighted by atomic mass is 10.0. The Labute approximate surface area is 140 Å². The van der Waals surface area contributed by atoms with Crippen LogP contribution in [-0.4, -0.2) is 55.6 Å². The van der Waals surface area contributed by atoms with Crippen molar-refractivity contribution in [1.82, 2.24) is 10.2 Å². The van der Waals surface area contributed by atoms with Gasteiger partial charge in [-0.05, 0) is 26.8 Å². The van der Waals surface area contributed by atoms with Gasteiger partial charge in [-0.25, -0.2) is 0 Å². The van der Waals surface area contributed by atoms with Crippen LogP contribution in [0.3, 0.4) is 0 Å². The maximum atomic E-state index is 12.8. The van der Waals surface area contributed by atoms with Gasteiger partial charge >= 0.3 is 0 Å². The summed E-state index contributed by atoms with van der Waals surface area (Å²) in [5.41, 5.74) is -0.233. The number of nitro benzene ring substituents is 1. The summed E-state index contributed by atoms with van der Waals surface area (Å²) in [6.07, 6.45) is 1.65. The number of nitrogens with one attached hydrogen (secondary N) is 1. The third-order valence-corrected chi connectivity index (χ3v) is 4.20. The summed E-state index contributed by atoms with van der Waals surface area (Å²) in [4.78, 5) is 25.2. The topological polar surface area (TPSA) is 93.9 Å². The Morgan fingerprint density at radius 2 is 2.04 bits per heavy atom. The summed E-state index contributed by atoms with van der Waals surface area (Å²) in [5.74, 6) is 0.230. The first-order chi connectivity index (χ1) is 11.5. The Morgan fingerprint density at radius 3 is 2.54 bits per heavy atom. The van der Waals surface area contributed by atoms with Gasteiger partial charge in [0.25, 0.3) is 11.6 Å². The molecule has 0 spiro atoms. The van der Waals surface area contributed by atoms with Gasteiger partial charge in [0.15, 0.2) is 11.5 Å². The van der Waals surface area contributed by atoms with Crippen LogP contribution in [0.4, 0.5) is 5.69 Å². The van der Waals surface area contributed by atoms with Crippen molar-refractivity contribution in [2.45, 2.75) is 25.8 Å². The first-order valence-corrected chi connectivity index (χ1v) is 7.97. The molecule has 1 N–H and O–H groups in total. The molecule has 24 heavy (non-hydrogen) atoms. The van der Waals surface area contributed by atoms with Gasteiger partial charge in [-0.1, -0.05) is 0 Å². The van der Waals surface area contributed by atoms with Crippen molar-refractivity contribution < 1.29 is 19.2 Å². The number of ether oxygens (including phenoxy) is 2. The van der Waals surface area contributed by atoms with E-state index in [0.717, 1.165) is 12.8 Å². The van der Waals surface area contributed by atoms with Crippen LogP contribution in [0.25, 0.3) is 0 Å². The average molecular weight is 337 g/mol. The molecule has 0 radical (unpaired) electrons. The largest absolute Gasteiger partial charge is 0.493 e. The van der Waals surface area contributed by atoms with Crippen LogP contribution in [-0.2, 0) is 0 Å². The highest BCUT2D eigenvalue weighted by Gasteiger charge is 2.30. The molecule has 0 saturated carbocycles. The SMILES string of the molecule is CCOc1cc(C(=O)N2CCC(NC)CC2)c([N+](=O)[O-])cc1OC. The first kappa shape index (κ1) is 18.0. The number of likely N-dealkylation sites (tertiary alicyclic amines) is 1. The highest BCUT2D eigenvalue weighted by atomic mass is 16.6. The Kier molecular flexibility index (Phi) is 5.97. The number of piperidine rings is 1. The molecular weight excluding hydrogens is 314 g/mol. The van der Waals surface area contributed by atoms with E-state index in [4.69, 9.17) is 9.47 Å². The van der Waals surface area contributed by atoms with E-state index >= 15 is 0 Å². The van der Waals surface area contributed by atoms with E-state index in [1.54, 1.807) is 11.8 Å². The van der Waals surface area contributed by atoms with E-state index in [0.29, 0.717) is 31.5 Å². The lowest BCUT2D eigenvalue weighted by Gasteiger charge is -2.31. The highest BCUT2D eigenvalue weighted by Crippen LogP contribution is 2.35. The second-order valence-corrected chi connectivity index (χ2v) is 5.57. The molecule has 1 aromatic carbocycles. The molecule has 1 fully saturated rings. The number of carbonyl (C=O) groups is 1. The zero-order valence-corrected chi connectivity index (χ0v) is 14.2. The number of rotatable bonds is 6. The second kappa shape index (κ2) is 7.96. The smallest absolute Gasteiger partial charge is 0.286 e. The van der Waals surface area contributed by atoms with E-state index in [9.17, 15) is 14.9 Å². The zero-order chi connectivity index (χ0) is 17.7. The fourth-order valence-electron chi connectivity index (χ4n) is 2.84. The summed E-state index contributed by atoms with van der Waals surface area (Å²) in [6.45, 7) is 3.30. The summed E-state index contributed by atoms with van der Waals surface area (Å²) in [6, 6.07) is 3.03. The Hall–Kier alpha value is -2.35. The molecule has 0 unspecified atom stereocenters. The number of hydrogen-bond acceptors (Lipinski definition) is 6. The van der Waals surface area contributed by atoms with Crippen LogP contribution < -0.4 is 14.8 Å². The number of methoxy groups -OCH3 is 1. The van der Waals surface area contributed by atoms with Crippen LogP contribution in [0.5, 0.6) is 11.5 Å². The van der Waals surface area contributed by atoms with Gasteiger partial charge in [0.1, 0.15) is 5.56 Å². The summed E-state index contributed by atoms with van der Waals surface area (Å²) >= 11 is 0. The van der Waals surface area contributed by atoms with E-state index in [-0.39, 0.29) is 22.9 Å². The van der Waals surface area contributed by atoms with Crippen LogP contribution in [0.15, 0.2) is 12.1 Å². The molecule has 1 heterocycles. The van der Waals surface area contributed by atoms with E-state index < -0.39 is 4.92 Å². The van der Waals surface area contributed by atoms with Crippen molar-refractivity contribution in [3.63, 3.8) is 0 Å².